The Hall–Kier alpha value is -1.81. The number of benzene rings is 1. The molecule has 0 aliphatic heterocycles. The Kier molecular flexibility index (Phi) is 7.43. The Labute approximate surface area is 120 Å². The highest BCUT2D eigenvalue weighted by Crippen LogP contribution is 2.19. The molecule has 4 heteroatoms. The minimum Gasteiger partial charge on any atom is -0.462 e. The average molecular weight is 278 g/mol. The van der Waals surface area contributed by atoms with E-state index in [0.717, 1.165) is 6.42 Å². The van der Waals surface area contributed by atoms with Crippen LogP contribution in [0.25, 0.3) is 0 Å². The van der Waals surface area contributed by atoms with E-state index in [0.29, 0.717) is 31.1 Å². The predicted molar refractivity (Wildman–Crippen MR) is 77.3 cm³/mol. The molecule has 0 aliphatic carbocycles. The van der Waals surface area contributed by atoms with Gasteiger partial charge in [0.2, 0.25) is 0 Å². The highest BCUT2D eigenvalue weighted by atomic mass is 17.2. The molecule has 1 aromatic rings. The van der Waals surface area contributed by atoms with Gasteiger partial charge in [0.1, 0.15) is 6.26 Å². The summed E-state index contributed by atoms with van der Waals surface area (Å²) in [5.41, 5.74) is 1.80. The van der Waals surface area contributed by atoms with Crippen molar-refractivity contribution in [3.63, 3.8) is 0 Å². The van der Waals surface area contributed by atoms with Crippen LogP contribution in [0.1, 0.15) is 48.5 Å². The quantitative estimate of drug-likeness (QED) is 0.226. The monoisotopic (exact) mass is 278 g/mol. The van der Waals surface area contributed by atoms with Crippen molar-refractivity contribution >= 4 is 5.97 Å². The third kappa shape index (κ3) is 5.45. The maximum atomic E-state index is 11.8. The zero-order chi connectivity index (χ0) is 14.8. The lowest BCUT2D eigenvalue weighted by Gasteiger charge is -2.09. The van der Waals surface area contributed by atoms with E-state index in [1.165, 1.54) is 11.8 Å². The second kappa shape index (κ2) is 9.15. The lowest BCUT2D eigenvalue weighted by molar-refractivity contribution is -0.249. The smallest absolute Gasteiger partial charge is 0.338 e. The van der Waals surface area contributed by atoms with Crippen LogP contribution in [0.4, 0.5) is 0 Å². The Morgan fingerprint density at radius 3 is 2.60 bits per heavy atom. The summed E-state index contributed by atoms with van der Waals surface area (Å²) in [5, 5.41) is 0. The number of carbonyl (C=O) groups excluding carboxylic acids is 1. The predicted octanol–water partition coefficient (Wildman–Crippen LogP) is 3.84. The summed E-state index contributed by atoms with van der Waals surface area (Å²) in [4.78, 5) is 21.0. The fourth-order valence-corrected chi connectivity index (χ4v) is 1.65. The summed E-state index contributed by atoms with van der Waals surface area (Å²) >= 11 is 0. The van der Waals surface area contributed by atoms with Crippen LogP contribution in [0.5, 0.6) is 0 Å². The number of carbonyl (C=O) groups is 1. The van der Waals surface area contributed by atoms with E-state index < -0.39 is 0 Å². The van der Waals surface area contributed by atoms with Crippen LogP contribution in [0.2, 0.25) is 0 Å². The van der Waals surface area contributed by atoms with E-state index in [1.807, 2.05) is 12.1 Å². The van der Waals surface area contributed by atoms with Crippen LogP contribution in [0, 0.1) is 0 Å². The van der Waals surface area contributed by atoms with Crippen LogP contribution >= 0.6 is 0 Å². The Bertz CT molecular complexity index is 411. The highest BCUT2D eigenvalue weighted by molar-refractivity contribution is 5.89. The molecular weight excluding hydrogens is 256 g/mol. The van der Waals surface area contributed by atoms with Gasteiger partial charge in [0.05, 0.1) is 18.8 Å². The third-order valence-electron chi connectivity index (χ3n) is 3.07. The number of rotatable bonds is 9. The minimum atomic E-state index is -0.314. The lowest BCUT2D eigenvalue weighted by Crippen LogP contribution is -2.08. The van der Waals surface area contributed by atoms with Gasteiger partial charge in [0.25, 0.3) is 0 Å². The van der Waals surface area contributed by atoms with Gasteiger partial charge in [-0.3, -0.25) is 0 Å². The van der Waals surface area contributed by atoms with Gasteiger partial charge in [0.15, 0.2) is 0 Å². The second-order valence-electron chi connectivity index (χ2n) is 4.51. The zero-order valence-corrected chi connectivity index (χ0v) is 12.1. The Balaban J connectivity index is 2.34. The summed E-state index contributed by atoms with van der Waals surface area (Å²) < 4.78 is 5.13. The van der Waals surface area contributed by atoms with Gasteiger partial charge >= 0.3 is 5.97 Å². The van der Waals surface area contributed by atoms with Gasteiger partial charge in [-0.05, 0) is 30.0 Å². The molecule has 0 saturated carbocycles. The number of esters is 1. The molecule has 4 nitrogen and oxygen atoms in total. The minimum absolute atomic E-state index is 0.298. The van der Waals surface area contributed by atoms with E-state index >= 15 is 0 Å². The fourth-order valence-electron chi connectivity index (χ4n) is 1.65. The number of ether oxygens (including phenoxy) is 1. The molecule has 0 bridgehead atoms. The van der Waals surface area contributed by atoms with E-state index in [-0.39, 0.29) is 5.97 Å². The first-order chi connectivity index (χ1) is 9.69. The summed E-state index contributed by atoms with van der Waals surface area (Å²) in [7, 11) is 0. The molecule has 20 heavy (non-hydrogen) atoms. The molecular formula is C16H22O4. The van der Waals surface area contributed by atoms with Gasteiger partial charge in [-0.15, -0.1) is 0 Å². The van der Waals surface area contributed by atoms with E-state index in [4.69, 9.17) is 9.62 Å². The molecule has 1 unspecified atom stereocenters. The van der Waals surface area contributed by atoms with Crippen molar-refractivity contribution in [1.82, 2.24) is 0 Å². The average Bonchev–Trinajstić information content (AvgIpc) is 2.50. The van der Waals surface area contributed by atoms with Crippen molar-refractivity contribution in [2.24, 2.45) is 0 Å². The van der Waals surface area contributed by atoms with Crippen LogP contribution in [-0.2, 0) is 14.5 Å². The van der Waals surface area contributed by atoms with Crippen LogP contribution in [0.3, 0.4) is 0 Å². The summed E-state index contributed by atoms with van der Waals surface area (Å²) in [5.74, 6) is 0.187. The molecule has 1 aromatic carbocycles. The van der Waals surface area contributed by atoms with Crippen LogP contribution in [0.15, 0.2) is 37.1 Å². The lowest BCUT2D eigenvalue weighted by atomic mass is 9.98. The molecule has 1 atom stereocenters. The van der Waals surface area contributed by atoms with E-state index in [9.17, 15) is 4.79 Å². The first kappa shape index (κ1) is 16.2. The normalized spacial score (nSPS) is 11.7. The van der Waals surface area contributed by atoms with Crippen molar-refractivity contribution in [2.45, 2.75) is 32.6 Å². The Morgan fingerprint density at radius 2 is 2.00 bits per heavy atom. The molecule has 1 rings (SSSR count). The maximum Gasteiger partial charge on any atom is 0.338 e. The van der Waals surface area contributed by atoms with E-state index in [1.54, 1.807) is 12.1 Å². The summed E-state index contributed by atoms with van der Waals surface area (Å²) in [6.45, 7) is 8.30. The van der Waals surface area contributed by atoms with E-state index in [2.05, 4.69) is 25.3 Å². The van der Waals surface area contributed by atoms with Crippen LogP contribution in [-0.4, -0.2) is 19.2 Å². The number of hydrogen-bond acceptors (Lipinski definition) is 4. The molecule has 0 spiro atoms. The third-order valence-corrected chi connectivity index (χ3v) is 3.07. The molecule has 0 heterocycles. The SMILES string of the molecule is C=COOCCCOC(=O)c1ccc(C(C)CC)cc1. The number of hydrogen-bond donors (Lipinski definition) is 0. The molecule has 0 fully saturated rings. The highest BCUT2D eigenvalue weighted by Gasteiger charge is 2.08. The second-order valence-corrected chi connectivity index (χ2v) is 4.51. The zero-order valence-electron chi connectivity index (χ0n) is 12.1. The first-order valence-electron chi connectivity index (χ1n) is 6.85. The standard InChI is InChI=1S/C16H22O4/c1-4-13(3)14-7-9-15(10-8-14)16(17)18-11-6-12-20-19-5-2/h5,7-10,13H,2,4,6,11-12H2,1,3H3. The molecule has 0 N–H and O–H groups in total. The van der Waals surface area contributed by atoms with Gasteiger partial charge in [-0.25, -0.2) is 4.79 Å². The molecule has 0 radical (unpaired) electrons. The van der Waals surface area contributed by atoms with Crippen molar-refractivity contribution in [2.75, 3.05) is 13.2 Å². The summed E-state index contributed by atoms with van der Waals surface area (Å²) in [6.07, 6.45) is 2.85. The summed E-state index contributed by atoms with van der Waals surface area (Å²) in [6, 6.07) is 7.57. The van der Waals surface area contributed by atoms with Gasteiger partial charge in [-0.1, -0.05) is 32.6 Å². The Morgan fingerprint density at radius 1 is 1.30 bits per heavy atom. The van der Waals surface area contributed by atoms with Crippen molar-refractivity contribution in [3.05, 3.63) is 48.2 Å². The van der Waals surface area contributed by atoms with Crippen LogP contribution < -0.4 is 0 Å². The van der Waals surface area contributed by atoms with Crippen molar-refractivity contribution in [1.29, 1.82) is 0 Å². The maximum absolute atomic E-state index is 11.8. The van der Waals surface area contributed by atoms with Gasteiger partial charge < -0.3 is 9.62 Å². The van der Waals surface area contributed by atoms with Crippen molar-refractivity contribution in [3.8, 4) is 0 Å². The largest absolute Gasteiger partial charge is 0.462 e. The first-order valence-corrected chi connectivity index (χ1v) is 6.85. The molecule has 0 aliphatic rings. The topological polar surface area (TPSA) is 44.8 Å². The molecule has 0 aromatic heterocycles. The van der Waals surface area contributed by atoms with Crippen molar-refractivity contribution < 1.29 is 19.3 Å². The van der Waals surface area contributed by atoms with Gasteiger partial charge in [-0.2, -0.15) is 4.89 Å². The molecule has 0 saturated heterocycles. The molecule has 0 amide bonds. The molecule has 110 valence electrons. The van der Waals surface area contributed by atoms with Gasteiger partial charge in [0, 0.05) is 6.42 Å². The fraction of sp³-hybridized carbons (Fsp3) is 0.438.